The highest BCUT2D eigenvalue weighted by Crippen LogP contribution is 2.54. The van der Waals surface area contributed by atoms with E-state index in [-0.39, 0.29) is 44.6 Å². The van der Waals surface area contributed by atoms with Gasteiger partial charge >= 0.3 is 5.97 Å². The van der Waals surface area contributed by atoms with Crippen LogP contribution in [0, 0.1) is 17.8 Å². The predicted octanol–water partition coefficient (Wildman–Crippen LogP) is 2.14. The smallest absolute Gasteiger partial charge is 0.313 e. The molecule has 49 heavy (non-hydrogen) atoms. The number of aliphatic hydroxyl groups excluding tert-OH is 1. The fourth-order valence-electron chi connectivity index (χ4n) is 7.68. The van der Waals surface area contributed by atoms with Crippen molar-refractivity contribution in [3.63, 3.8) is 0 Å². The number of cyclic esters (lactones) is 1. The molecule has 0 unspecified atom stereocenters. The summed E-state index contributed by atoms with van der Waals surface area (Å²) in [5.41, 5.74) is 0.575. The topological polar surface area (TPSA) is 156 Å². The van der Waals surface area contributed by atoms with Crippen molar-refractivity contribution in [1.29, 1.82) is 0 Å². The Hall–Kier alpha value is -4.88. The number of carbonyl (C=O) groups excluding carboxylic acids is 4. The maximum absolute atomic E-state index is 14.8. The monoisotopic (exact) mass is 668 g/mol. The third-order valence-corrected chi connectivity index (χ3v) is 10.1. The number of allylic oxidation sites excluding steroid dienone is 1. The fraction of sp³-hybridized carbons (Fsp3) is 0.444. The highest BCUT2D eigenvalue weighted by atomic mass is 16.6. The minimum absolute atomic E-state index is 0.0549. The second-order valence-corrected chi connectivity index (χ2v) is 13.4. The molecule has 2 fully saturated rings. The molecule has 2 aromatic carbocycles. The Labute approximate surface area is 283 Å². The highest BCUT2D eigenvalue weighted by Gasteiger charge is 2.72. The van der Waals surface area contributed by atoms with Crippen LogP contribution in [-0.4, -0.2) is 97.1 Å². The summed E-state index contributed by atoms with van der Waals surface area (Å²) in [6.45, 7) is 3.67. The molecule has 13 nitrogen and oxygen atoms in total. The molecule has 13 heteroatoms. The van der Waals surface area contributed by atoms with Crippen LogP contribution < -0.4 is 5.32 Å². The number of para-hydroxylation sites is 1. The molecule has 0 saturated carbocycles. The Morgan fingerprint density at radius 1 is 1.02 bits per heavy atom. The van der Waals surface area contributed by atoms with Crippen LogP contribution in [0.4, 0.5) is 0 Å². The Kier molecular flexibility index (Phi) is 8.80. The molecule has 4 aliphatic rings. The number of hydrogen-bond donors (Lipinski definition) is 2. The summed E-state index contributed by atoms with van der Waals surface area (Å²) in [4.78, 5) is 59.6. The van der Waals surface area contributed by atoms with Crippen LogP contribution in [0.2, 0.25) is 0 Å². The highest BCUT2D eigenvalue weighted by molar-refractivity contribution is 5.99. The van der Waals surface area contributed by atoms with Crippen molar-refractivity contribution in [2.45, 2.75) is 63.3 Å². The van der Waals surface area contributed by atoms with Crippen LogP contribution in [0.3, 0.4) is 0 Å². The lowest BCUT2D eigenvalue weighted by atomic mass is 9.78. The van der Waals surface area contributed by atoms with Crippen molar-refractivity contribution in [3.05, 3.63) is 84.5 Å². The number of aliphatic hydroxyl groups is 1. The van der Waals surface area contributed by atoms with E-state index in [0.717, 1.165) is 5.52 Å². The maximum Gasteiger partial charge on any atom is 0.313 e. The van der Waals surface area contributed by atoms with Crippen molar-refractivity contribution in [3.8, 4) is 0 Å². The van der Waals surface area contributed by atoms with Crippen LogP contribution in [0.5, 0.6) is 0 Å². The van der Waals surface area contributed by atoms with E-state index < -0.39 is 59.5 Å². The number of aromatic nitrogens is 3. The summed E-state index contributed by atoms with van der Waals surface area (Å²) in [5, 5.41) is 22.0. The molecule has 0 bridgehead atoms. The number of esters is 1. The van der Waals surface area contributed by atoms with Crippen LogP contribution in [-0.2, 0) is 35.3 Å². The van der Waals surface area contributed by atoms with Gasteiger partial charge in [0.2, 0.25) is 11.8 Å². The van der Waals surface area contributed by atoms with Gasteiger partial charge in [-0.15, -0.1) is 5.10 Å². The molecule has 3 aromatic rings. The largest absolute Gasteiger partial charge is 0.455 e. The number of amides is 3. The zero-order chi connectivity index (χ0) is 34.3. The molecular weight excluding hydrogens is 628 g/mol. The van der Waals surface area contributed by atoms with Gasteiger partial charge in [-0.1, -0.05) is 85.8 Å². The minimum Gasteiger partial charge on any atom is -0.455 e. The van der Waals surface area contributed by atoms with E-state index in [2.05, 4.69) is 15.6 Å². The van der Waals surface area contributed by atoms with Crippen LogP contribution >= 0.6 is 0 Å². The number of likely N-dealkylation sites (tertiary alicyclic amines) is 1. The number of nitrogens with one attached hydrogen (secondary N) is 1. The van der Waals surface area contributed by atoms with Gasteiger partial charge in [-0.05, 0) is 30.0 Å². The van der Waals surface area contributed by atoms with Crippen LogP contribution in [0.15, 0.2) is 78.9 Å². The molecule has 3 amide bonds. The molecule has 1 aromatic heterocycles. The Morgan fingerprint density at radius 2 is 1.80 bits per heavy atom. The summed E-state index contributed by atoms with van der Waals surface area (Å²) in [6.07, 6.45) is 5.88. The van der Waals surface area contributed by atoms with E-state index in [9.17, 15) is 24.3 Å². The number of hydrogen-bond acceptors (Lipinski definition) is 9. The zero-order valence-corrected chi connectivity index (χ0v) is 27.4. The quantitative estimate of drug-likeness (QED) is 0.297. The van der Waals surface area contributed by atoms with Gasteiger partial charge in [0.15, 0.2) is 0 Å². The van der Waals surface area contributed by atoms with Gasteiger partial charge in [-0.2, -0.15) is 0 Å². The first-order valence-electron chi connectivity index (χ1n) is 16.8. The molecule has 5 heterocycles. The van der Waals surface area contributed by atoms with Gasteiger partial charge in [0.25, 0.3) is 5.91 Å². The van der Waals surface area contributed by atoms with Gasteiger partial charge in [-0.25, -0.2) is 4.68 Å². The molecule has 4 aliphatic heterocycles. The number of carbonyl (C=O) groups is 4. The van der Waals surface area contributed by atoms with E-state index in [0.29, 0.717) is 17.5 Å². The minimum atomic E-state index is -1.54. The Morgan fingerprint density at radius 3 is 2.57 bits per heavy atom. The molecule has 2 N–H and O–H groups in total. The third-order valence-electron chi connectivity index (χ3n) is 10.1. The average molecular weight is 669 g/mol. The van der Waals surface area contributed by atoms with E-state index in [4.69, 9.17) is 9.47 Å². The van der Waals surface area contributed by atoms with Gasteiger partial charge in [-0.3, -0.25) is 19.2 Å². The van der Waals surface area contributed by atoms with Crippen molar-refractivity contribution in [2.75, 3.05) is 19.7 Å². The van der Waals surface area contributed by atoms with Gasteiger partial charge < -0.3 is 29.7 Å². The van der Waals surface area contributed by atoms with E-state index >= 15 is 0 Å². The zero-order valence-electron chi connectivity index (χ0n) is 27.4. The summed E-state index contributed by atoms with van der Waals surface area (Å²) in [6, 6.07) is 14.6. The summed E-state index contributed by atoms with van der Waals surface area (Å²) < 4.78 is 14.6. The number of nitrogens with zero attached hydrogens (tertiary/aromatic N) is 5. The van der Waals surface area contributed by atoms with Crippen molar-refractivity contribution in [2.24, 2.45) is 17.8 Å². The molecule has 0 aliphatic carbocycles. The first-order chi connectivity index (χ1) is 23.7. The van der Waals surface area contributed by atoms with Crippen LogP contribution in [0.1, 0.15) is 38.4 Å². The second kappa shape index (κ2) is 13.2. The molecule has 7 atom stereocenters. The van der Waals surface area contributed by atoms with E-state index in [1.165, 1.54) is 4.90 Å². The fourth-order valence-corrected chi connectivity index (χ4v) is 7.68. The molecular formula is C36H40N6O7. The third kappa shape index (κ3) is 5.70. The molecule has 0 radical (unpaired) electrons. The lowest BCUT2D eigenvalue weighted by Gasteiger charge is -2.39. The average Bonchev–Trinajstić information content (AvgIpc) is 3.69. The first kappa shape index (κ1) is 32.7. The van der Waals surface area contributed by atoms with E-state index in [1.54, 1.807) is 33.9 Å². The summed E-state index contributed by atoms with van der Waals surface area (Å²) in [7, 11) is 0. The molecule has 7 rings (SSSR count). The van der Waals surface area contributed by atoms with Crippen molar-refractivity contribution < 1.29 is 33.8 Å². The number of rotatable bonds is 6. The summed E-state index contributed by atoms with van der Waals surface area (Å²) >= 11 is 0. The Balaban J connectivity index is 1.30. The SMILES string of the molecule is CC(C)[C@H](CO)N1C(=O)[C@H]2[C@@H]3C(=O)O[C@@H](c4ccccc4)CNC(=O)CC/C=C\[C@@H]3O[C@]23C=CCN(Cn2nnc4ccccc42)C(=O)[C@H]13. The number of fused-ring (bicyclic) bond motifs is 3. The maximum atomic E-state index is 14.8. The lowest BCUT2D eigenvalue weighted by molar-refractivity contribution is -0.161. The van der Waals surface area contributed by atoms with E-state index in [1.807, 2.05) is 68.4 Å². The van der Waals surface area contributed by atoms with Crippen molar-refractivity contribution >= 4 is 34.7 Å². The molecule has 256 valence electrons. The standard InChI is InChI=1S/C36H40N6O7/c1-22(2)26(20-43)42-32-34(46)40(21-41-25-14-7-6-13-24(25)38-39-41)18-10-17-36(32)31(33(42)45)30-27(49-36)15-8-9-16-29(44)37-19-28(48-35(30)47)23-11-4-3-5-12-23/h3-8,10-15,17,22,26-28,30-32,43H,9,16,18-21H2,1-2H3,(H,37,44)/b15-8-/t26-,27-,28+,30+,31+,32-,36+/m0/s1. The second-order valence-electron chi connectivity index (χ2n) is 13.4. The predicted molar refractivity (Wildman–Crippen MR) is 176 cm³/mol. The van der Waals surface area contributed by atoms with Crippen molar-refractivity contribution in [1.82, 2.24) is 30.1 Å². The molecule has 1 spiro atoms. The van der Waals surface area contributed by atoms with Crippen LogP contribution in [0.25, 0.3) is 11.0 Å². The number of benzene rings is 2. The van der Waals surface area contributed by atoms with Gasteiger partial charge in [0.05, 0.1) is 36.7 Å². The molecule has 2 saturated heterocycles. The lowest BCUT2D eigenvalue weighted by Crippen LogP contribution is -2.59. The first-order valence-corrected chi connectivity index (χ1v) is 16.8. The van der Waals surface area contributed by atoms with Gasteiger partial charge in [0.1, 0.15) is 35.9 Å². The normalized spacial score (nSPS) is 30.2. The van der Waals surface area contributed by atoms with Gasteiger partial charge in [0, 0.05) is 13.0 Å². The Bertz CT molecular complexity index is 1810. The summed E-state index contributed by atoms with van der Waals surface area (Å²) in [5.74, 6) is -4.16. The number of ether oxygens (including phenoxy) is 2.